The van der Waals surface area contributed by atoms with Crippen molar-refractivity contribution in [2.45, 2.75) is 25.9 Å². The third-order valence-electron chi connectivity index (χ3n) is 4.33. The van der Waals surface area contributed by atoms with E-state index in [0.717, 1.165) is 19.4 Å². The van der Waals surface area contributed by atoms with Crippen LogP contribution in [0.5, 0.6) is 5.75 Å². The molecule has 0 aromatic heterocycles. The summed E-state index contributed by atoms with van der Waals surface area (Å²) in [4.78, 5) is 24.9. The molecule has 0 bridgehead atoms. The van der Waals surface area contributed by atoms with E-state index < -0.39 is 0 Å². The van der Waals surface area contributed by atoms with Gasteiger partial charge in [-0.3, -0.25) is 9.59 Å². The lowest BCUT2D eigenvalue weighted by Crippen LogP contribution is -2.31. The number of amides is 2. The molecule has 2 amide bonds. The van der Waals surface area contributed by atoms with Crippen LogP contribution in [0.15, 0.2) is 48.5 Å². The molecule has 6 nitrogen and oxygen atoms in total. The first kappa shape index (κ1) is 18.9. The third-order valence-corrected chi connectivity index (χ3v) is 4.33. The molecule has 0 radical (unpaired) electrons. The molecule has 2 aromatic carbocycles. The first-order valence-corrected chi connectivity index (χ1v) is 9.20. The summed E-state index contributed by atoms with van der Waals surface area (Å²) in [7, 11) is 0. The lowest BCUT2D eigenvalue weighted by atomic mass is 10.1. The second-order valence-electron chi connectivity index (χ2n) is 6.31. The van der Waals surface area contributed by atoms with Gasteiger partial charge in [-0.2, -0.15) is 0 Å². The Hall–Kier alpha value is -2.86. The van der Waals surface area contributed by atoms with Crippen LogP contribution in [-0.2, 0) is 4.74 Å². The number of hydrogen-bond acceptors (Lipinski definition) is 4. The highest BCUT2D eigenvalue weighted by Gasteiger charge is 2.17. The zero-order valence-electron chi connectivity index (χ0n) is 15.4. The van der Waals surface area contributed by atoms with Crippen molar-refractivity contribution in [3.05, 3.63) is 59.7 Å². The van der Waals surface area contributed by atoms with Gasteiger partial charge < -0.3 is 20.1 Å². The number of nitrogens with one attached hydrogen (secondary N) is 2. The average Bonchev–Trinajstić information content (AvgIpc) is 3.20. The van der Waals surface area contributed by atoms with Gasteiger partial charge in [-0.1, -0.05) is 18.2 Å². The Morgan fingerprint density at radius 1 is 1.15 bits per heavy atom. The summed E-state index contributed by atoms with van der Waals surface area (Å²) >= 11 is 0. The first-order chi connectivity index (χ1) is 13.2. The van der Waals surface area contributed by atoms with Gasteiger partial charge in [0.15, 0.2) is 0 Å². The van der Waals surface area contributed by atoms with Crippen LogP contribution in [0, 0.1) is 0 Å². The molecule has 1 aliphatic rings. The first-order valence-electron chi connectivity index (χ1n) is 9.20. The van der Waals surface area contributed by atoms with Crippen LogP contribution in [0.2, 0.25) is 0 Å². The Kier molecular flexibility index (Phi) is 6.44. The molecule has 3 rings (SSSR count). The second-order valence-corrected chi connectivity index (χ2v) is 6.31. The van der Waals surface area contributed by atoms with Crippen molar-refractivity contribution in [1.82, 2.24) is 5.32 Å². The maximum absolute atomic E-state index is 12.6. The van der Waals surface area contributed by atoms with E-state index in [1.54, 1.807) is 42.5 Å². The minimum atomic E-state index is -0.282. The average molecular weight is 368 g/mol. The molecule has 1 atom stereocenters. The summed E-state index contributed by atoms with van der Waals surface area (Å²) in [6, 6.07) is 13.9. The van der Waals surface area contributed by atoms with Gasteiger partial charge in [-0.25, -0.2) is 0 Å². The van der Waals surface area contributed by atoms with Gasteiger partial charge >= 0.3 is 0 Å². The van der Waals surface area contributed by atoms with Gasteiger partial charge in [0.05, 0.1) is 18.3 Å². The molecular weight excluding hydrogens is 344 g/mol. The van der Waals surface area contributed by atoms with E-state index >= 15 is 0 Å². The molecule has 0 unspecified atom stereocenters. The number of carbonyl (C=O) groups excluding carboxylic acids is 2. The fourth-order valence-corrected chi connectivity index (χ4v) is 2.99. The summed E-state index contributed by atoms with van der Waals surface area (Å²) in [5, 5.41) is 5.71. The smallest absolute Gasteiger partial charge is 0.259 e. The van der Waals surface area contributed by atoms with Crippen molar-refractivity contribution in [3.8, 4) is 5.75 Å². The summed E-state index contributed by atoms with van der Waals surface area (Å²) in [6.45, 7) is 3.60. The highest BCUT2D eigenvalue weighted by Crippen LogP contribution is 2.20. The van der Waals surface area contributed by atoms with E-state index in [2.05, 4.69) is 10.6 Å². The summed E-state index contributed by atoms with van der Waals surface area (Å²) in [5.74, 6) is 0.0650. The van der Waals surface area contributed by atoms with E-state index in [-0.39, 0.29) is 17.9 Å². The lowest BCUT2D eigenvalue weighted by molar-refractivity contribution is 0.0857. The molecule has 2 aromatic rings. The molecule has 1 aliphatic heterocycles. The predicted octanol–water partition coefficient (Wildman–Crippen LogP) is 3.25. The van der Waals surface area contributed by atoms with Crippen LogP contribution in [0.1, 0.15) is 40.5 Å². The van der Waals surface area contributed by atoms with Crippen molar-refractivity contribution in [2.75, 3.05) is 25.1 Å². The van der Waals surface area contributed by atoms with Crippen molar-refractivity contribution in [3.63, 3.8) is 0 Å². The van der Waals surface area contributed by atoms with Crippen molar-refractivity contribution in [2.24, 2.45) is 0 Å². The second kappa shape index (κ2) is 9.19. The van der Waals surface area contributed by atoms with Crippen molar-refractivity contribution < 1.29 is 19.1 Å². The standard InChI is InChI=1S/C21H24N2O4/c1-2-26-19-11-4-3-10-18(19)21(25)23-16-8-5-7-15(13-16)20(24)22-14-17-9-6-12-27-17/h3-5,7-8,10-11,13,17H,2,6,9,12,14H2,1H3,(H,22,24)(H,23,25)/t17-/m0/s1. The summed E-state index contributed by atoms with van der Waals surface area (Å²) in [6.07, 6.45) is 2.09. The molecule has 0 spiro atoms. The summed E-state index contributed by atoms with van der Waals surface area (Å²) < 4.78 is 11.0. The van der Waals surface area contributed by atoms with Crippen LogP contribution in [0.4, 0.5) is 5.69 Å². The quantitative estimate of drug-likeness (QED) is 0.787. The number of anilines is 1. The topological polar surface area (TPSA) is 76.7 Å². The van der Waals surface area contributed by atoms with Crippen molar-refractivity contribution in [1.29, 1.82) is 0 Å². The van der Waals surface area contributed by atoms with Crippen LogP contribution in [-0.4, -0.2) is 37.7 Å². The Morgan fingerprint density at radius 3 is 2.78 bits per heavy atom. The van der Waals surface area contributed by atoms with Gasteiger partial charge in [0.25, 0.3) is 11.8 Å². The summed E-state index contributed by atoms with van der Waals surface area (Å²) in [5.41, 5.74) is 1.49. The normalized spacial score (nSPS) is 16.0. The van der Waals surface area contributed by atoms with Gasteiger partial charge in [-0.05, 0) is 50.1 Å². The van der Waals surface area contributed by atoms with Gasteiger partial charge in [0.2, 0.25) is 0 Å². The SMILES string of the molecule is CCOc1ccccc1C(=O)Nc1cccc(C(=O)NC[C@@H]2CCCO2)c1. The fourth-order valence-electron chi connectivity index (χ4n) is 2.99. The molecule has 142 valence electrons. The Balaban J connectivity index is 1.64. The van der Waals surface area contributed by atoms with E-state index in [9.17, 15) is 9.59 Å². The van der Waals surface area contributed by atoms with Gasteiger partial charge in [-0.15, -0.1) is 0 Å². The molecule has 1 fully saturated rings. The zero-order valence-corrected chi connectivity index (χ0v) is 15.4. The minimum Gasteiger partial charge on any atom is -0.493 e. The number of ether oxygens (including phenoxy) is 2. The molecule has 0 aliphatic carbocycles. The highest BCUT2D eigenvalue weighted by molar-refractivity contribution is 6.06. The lowest BCUT2D eigenvalue weighted by Gasteiger charge is -2.12. The minimum absolute atomic E-state index is 0.0897. The molecule has 1 heterocycles. The molecule has 6 heteroatoms. The number of rotatable bonds is 7. The van der Waals surface area contributed by atoms with E-state index in [0.29, 0.717) is 35.7 Å². The Labute approximate surface area is 158 Å². The third kappa shape index (κ3) is 5.08. The predicted molar refractivity (Wildman–Crippen MR) is 103 cm³/mol. The fraction of sp³-hybridized carbons (Fsp3) is 0.333. The van der Waals surface area contributed by atoms with Crippen molar-refractivity contribution >= 4 is 17.5 Å². The number of benzene rings is 2. The Morgan fingerprint density at radius 2 is 2.00 bits per heavy atom. The molecule has 2 N–H and O–H groups in total. The van der Waals surface area contributed by atoms with Crippen LogP contribution in [0.3, 0.4) is 0 Å². The largest absolute Gasteiger partial charge is 0.493 e. The van der Waals surface area contributed by atoms with Gasteiger partial charge in [0, 0.05) is 24.4 Å². The van der Waals surface area contributed by atoms with Crippen LogP contribution >= 0.6 is 0 Å². The van der Waals surface area contributed by atoms with Crippen LogP contribution < -0.4 is 15.4 Å². The van der Waals surface area contributed by atoms with E-state index in [4.69, 9.17) is 9.47 Å². The zero-order chi connectivity index (χ0) is 19.1. The molecule has 0 saturated carbocycles. The Bertz CT molecular complexity index is 800. The molecule has 1 saturated heterocycles. The monoisotopic (exact) mass is 368 g/mol. The van der Waals surface area contributed by atoms with Crippen LogP contribution in [0.25, 0.3) is 0 Å². The maximum atomic E-state index is 12.6. The number of para-hydroxylation sites is 1. The molecular formula is C21H24N2O4. The maximum Gasteiger partial charge on any atom is 0.259 e. The number of carbonyl (C=O) groups is 2. The number of hydrogen-bond donors (Lipinski definition) is 2. The molecule has 27 heavy (non-hydrogen) atoms. The van der Waals surface area contributed by atoms with E-state index in [1.165, 1.54) is 0 Å². The van der Waals surface area contributed by atoms with Gasteiger partial charge in [0.1, 0.15) is 5.75 Å². The van der Waals surface area contributed by atoms with E-state index in [1.807, 2.05) is 13.0 Å². The highest BCUT2D eigenvalue weighted by atomic mass is 16.5.